The Hall–Kier alpha value is -3.64. The number of hydrogen-bond donors (Lipinski definition) is 4. The molecule has 0 unspecified atom stereocenters. The molecule has 1 aliphatic heterocycles. The molecule has 0 aliphatic carbocycles. The van der Waals surface area contributed by atoms with Crippen molar-refractivity contribution < 1.29 is 27.5 Å². The van der Waals surface area contributed by atoms with Crippen LogP contribution in [0.3, 0.4) is 0 Å². The minimum Gasteiger partial charge on any atom is -0.492 e. The highest BCUT2D eigenvalue weighted by Crippen LogP contribution is 2.22. The third-order valence-corrected chi connectivity index (χ3v) is 7.90. The molecule has 0 aromatic heterocycles. The molecule has 2 aromatic carbocycles. The fraction of sp³-hybridized carbons (Fsp3) is 0.483. The first kappa shape index (κ1) is 31.9. The van der Waals surface area contributed by atoms with Crippen LogP contribution in [0.15, 0.2) is 42.5 Å². The van der Waals surface area contributed by atoms with Gasteiger partial charge in [-0.1, -0.05) is 32.9 Å². The molecule has 3 amide bonds. The van der Waals surface area contributed by atoms with Crippen molar-refractivity contribution in [1.82, 2.24) is 21.3 Å². The maximum absolute atomic E-state index is 13.6. The Morgan fingerprint density at radius 2 is 1.83 bits per heavy atom. The molecule has 2 atom stereocenters. The minimum absolute atomic E-state index is 0.104. The van der Waals surface area contributed by atoms with E-state index in [0.717, 1.165) is 16.1 Å². The van der Waals surface area contributed by atoms with Crippen molar-refractivity contribution in [2.24, 2.45) is 5.92 Å². The summed E-state index contributed by atoms with van der Waals surface area (Å²) in [6, 6.07) is 10.9. The molecular weight excluding hydrogens is 546 g/mol. The van der Waals surface area contributed by atoms with E-state index in [1.807, 2.05) is 45.0 Å². The largest absolute Gasteiger partial charge is 0.492 e. The molecule has 1 aliphatic rings. The maximum Gasteiger partial charge on any atom is 0.251 e. The first-order chi connectivity index (χ1) is 19.4. The van der Waals surface area contributed by atoms with Gasteiger partial charge in [0.1, 0.15) is 12.4 Å². The highest BCUT2D eigenvalue weighted by molar-refractivity contribution is 7.92. The second-order valence-corrected chi connectivity index (χ2v) is 12.6. The summed E-state index contributed by atoms with van der Waals surface area (Å²) < 4.78 is 31.3. The monoisotopic (exact) mass is 587 g/mol. The third-order valence-electron chi connectivity index (χ3n) is 6.70. The van der Waals surface area contributed by atoms with E-state index >= 15 is 0 Å². The molecule has 0 saturated carbocycles. The number of ether oxygens (including phenoxy) is 1. The molecule has 0 fully saturated rings. The number of fused-ring (bicyclic) bond motifs is 4. The summed E-state index contributed by atoms with van der Waals surface area (Å²) in [6.45, 7) is 7.25. The molecule has 0 spiro atoms. The van der Waals surface area contributed by atoms with Crippen LogP contribution in [0, 0.1) is 5.92 Å². The minimum atomic E-state index is -3.65. The fourth-order valence-corrected chi connectivity index (χ4v) is 4.80. The van der Waals surface area contributed by atoms with Gasteiger partial charge in [0.25, 0.3) is 11.8 Å². The van der Waals surface area contributed by atoms with Crippen LogP contribution < -0.4 is 30.3 Å². The van der Waals surface area contributed by atoms with Crippen molar-refractivity contribution in [3.63, 3.8) is 0 Å². The van der Waals surface area contributed by atoms with Gasteiger partial charge in [-0.15, -0.1) is 0 Å². The highest BCUT2D eigenvalue weighted by atomic mass is 32.2. The summed E-state index contributed by atoms with van der Waals surface area (Å²) in [4.78, 5) is 39.2. The lowest BCUT2D eigenvalue weighted by Crippen LogP contribution is -2.50. The van der Waals surface area contributed by atoms with Gasteiger partial charge in [-0.25, -0.2) is 8.42 Å². The maximum atomic E-state index is 13.6. The molecule has 11 nitrogen and oxygen atoms in total. The molecule has 0 saturated heterocycles. The molecule has 3 rings (SSSR count). The second kappa shape index (κ2) is 14.3. The van der Waals surface area contributed by atoms with E-state index in [9.17, 15) is 22.8 Å². The Balaban J connectivity index is 1.94. The molecule has 2 aromatic rings. The summed E-state index contributed by atoms with van der Waals surface area (Å²) >= 11 is 0. The number of hydrogen-bond acceptors (Lipinski definition) is 7. The van der Waals surface area contributed by atoms with Crippen LogP contribution in [0.1, 0.15) is 53.5 Å². The van der Waals surface area contributed by atoms with Gasteiger partial charge < -0.3 is 26.0 Å². The summed E-state index contributed by atoms with van der Waals surface area (Å²) in [7, 11) is -2.29. The Labute approximate surface area is 242 Å². The summed E-state index contributed by atoms with van der Waals surface area (Å²) in [6.07, 6.45) is 2.04. The van der Waals surface area contributed by atoms with E-state index in [4.69, 9.17) is 4.74 Å². The predicted molar refractivity (Wildman–Crippen MR) is 159 cm³/mol. The molecule has 0 radical (unpaired) electrons. The Morgan fingerprint density at radius 3 is 2.49 bits per heavy atom. The van der Waals surface area contributed by atoms with Gasteiger partial charge in [-0.05, 0) is 54.7 Å². The van der Waals surface area contributed by atoms with Crippen LogP contribution in [0.2, 0.25) is 0 Å². The van der Waals surface area contributed by atoms with Crippen molar-refractivity contribution in [2.75, 3.05) is 43.8 Å². The van der Waals surface area contributed by atoms with Crippen LogP contribution in [0.5, 0.6) is 5.75 Å². The number of nitrogens with zero attached hydrogens (tertiary/aromatic N) is 1. The molecule has 12 heteroatoms. The summed E-state index contributed by atoms with van der Waals surface area (Å²) in [5.74, 6) is -0.104. The van der Waals surface area contributed by atoms with E-state index in [0.29, 0.717) is 37.6 Å². The summed E-state index contributed by atoms with van der Waals surface area (Å²) in [5, 5.41) is 12.0. The van der Waals surface area contributed by atoms with E-state index in [2.05, 4.69) is 21.3 Å². The van der Waals surface area contributed by atoms with E-state index in [1.54, 1.807) is 0 Å². The first-order valence-corrected chi connectivity index (χ1v) is 15.6. The Bertz CT molecular complexity index is 1350. The number of nitrogens with one attached hydrogen (secondary N) is 4. The van der Waals surface area contributed by atoms with Gasteiger partial charge in [-0.2, -0.15) is 0 Å². The van der Waals surface area contributed by atoms with Crippen molar-refractivity contribution in [3.8, 4) is 5.75 Å². The molecular formula is C29H41N5O6S. The second-order valence-electron chi connectivity index (χ2n) is 10.6. The molecule has 41 heavy (non-hydrogen) atoms. The number of rotatable bonds is 9. The van der Waals surface area contributed by atoms with Crippen LogP contribution in [0.25, 0.3) is 0 Å². The van der Waals surface area contributed by atoms with Gasteiger partial charge in [0, 0.05) is 37.3 Å². The van der Waals surface area contributed by atoms with Crippen molar-refractivity contribution in [3.05, 3.63) is 59.2 Å². The number of carbonyl (C=O) groups is 3. The zero-order chi connectivity index (χ0) is 30.2. The van der Waals surface area contributed by atoms with Gasteiger partial charge >= 0.3 is 0 Å². The van der Waals surface area contributed by atoms with Crippen molar-refractivity contribution >= 4 is 33.4 Å². The Kier molecular flexibility index (Phi) is 11.1. The lowest BCUT2D eigenvalue weighted by molar-refractivity contribution is -0.123. The van der Waals surface area contributed by atoms with Crippen LogP contribution in [-0.4, -0.2) is 77.8 Å². The normalized spacial score (nSPS) is 16.9. The van der Waals surface area contributed by atoms with Gasteiger partial charge in [0.05, 0.1) is 24.5 Å². The number of benzene rings is 2. The molecule has 224 valence electrons. The summed E-state index contributed by atoms with van der Waals surface area (Å²) in [5.41, 5.74) is 1.37. The lowest BCUT2D eigenvalue weighted by atomic mass is 10.0. The molecule has 4 bridgehead atoms. The van der Waals surface area contributed by atoms with E-state index in [-0.39, 0.29) is 35.9 Å². The standard InChI is InChI=1S/C29H41N5O6S/c1-6-26(29(37)32-17-19(2)3)31-18-23-12-20-8-7-9-25(13-20)40-11-10-30-27(35)21-14-22(28(36)33-23)16-24(15-21)34(4)41(5,38)39/h7-9,13-16,19,23,26,31H,6,10-12,17-18H2,1-5H3,(H,30,35)(H,32,37)(H,33,36)/t23-,26-/m0/s1. The van der Waals surface area contributed by atoms with E-state index in [1.165, 1.54) is 25.2 Å². The van der Waals surface area contributed by atoms with Gasteiger partial charge in [0.15, 0.2) is 0 Å². The molecule has 4 N–H and O–H groups in total. The number of sulfonamides is 1. The average molecular weight is 588 g/mol. The fourth-order valence-electron chi connectivity index (χ4n) is 4.31. The van der Waals surface area contributed by atoms with Crippen LogP contribution in [-0.2, 0) is 21.2 Å². The lowest BCUT2D eigenvalue weighted by Gasteiger charge is -2.24. The zero-order valence-electron chi connectivity index (χ0n) is 24.3. The average Bonchev–Trinajstić information content (AvgIpc) is 2.92. The Morgan fingerprint density at radius 1 is 1.12 bits per heavy atom. The van der Waals surface area contributed by atoms with Crippen LogP contribution >= 0.6 is 0 Å². The quantitative estimate of drug-likeness (QED) is 0.349. The van der Waals surface area contributed by atoms with Gasteiger partial charge in [-0.3, -0.25) is 18.7 Å². The van der Waals surface area contributed by atoms with Crippen molar-refractivity contribution in [1.29, 1.82) is 0 Å². The smallest absolute Gasteiger partial charge is 0.251 e. The molecule has 1 heterocycles. The third kappa shape index (κ3) is 9.46. The van der Waals surface area contributed by atoms with Crippen LogP contribution in [0.4, 0.5) is 5.69 Å². The van der Waals surface area contributed by atoms with Gasteiger partial charge in [0.2, 0.25) is 15.9 Å². The number of anilines is 1. The zero-order valence-corrected chi connectivity index (χ0v) is 25.1. The van der Waals surface area contributed by atoms with Crippen molar-refractivity contribution in [2.45, 2.75) is 45.7 Å². The predicted octanol–water partition coefficient (Wildman–Crippen LogP) is 1.69. The number of carbonyl (C=O) groups excluding carboxylic acids is 3. The first-order valence-electron chi connectivity index (χ1n) is 13.8. The van der Waals surface area contributed by atoms with E-state index < -0.39 is 33.9 Å². The highest BCUT2D eigenvalue weighted by Gasteiger charge is 2.23. The number of amides is 3. The topological polar surface area (TPSA) is 146 Å². The SMILES string of the molecule is CC[C@H](NC[C@@H]1Cc2cccc(c2)OCCNC(=O)c2cc(cc(N(C)S(C)(=O)=O)c2)C(=O)N1)C(=O)NCC(C)C.